The van der Waals surface area contributed by atoms with Gasteiger partial charge in [-0.2, -0.15) is 0 Å². The maximum atomic E-state index is 12.9. The number of aromatic nitrogens is 3. The highest BCUT2D eigenvalue weighted by Crippen LogP contribution is 2.32. The van der Waals surface area contributed by atoms with Crippen LogP contribution in [0.3, 0.4) is 0 Å². The standard InChI is InChI=1S/C28H28N4O3S/c1-17-7-6-8-24(18(17)2)29-27(33)19(3)36-28-30-25(20-9-13-22(34-4)14-10-20)26(31-32-28)21-11-15-23(35-5)16-12-21/h6-16,19H,1-5H3,(H,29,33). The summed E-state index contributed by atoms with van der Waals surface area (Å²) in [6.45, 7) is 5.85. The summed E-state index contributed by atoms with van der Waals surface area (Å²) < 4.78 is 10.6. The number of anilines is 1. The SMILES string of the molecule is COc1ccc(-c2nnc(SC(C)C(=O)Nc3cccc(C)c3C)nc2-c2ccc(OC)cc2)cc1. The van der Waals surface area contributed by atoms with Gasteiger partial charge in [-0.15, -0.1) is 10.2 Å². The summed E-state index contributed by atoms with van der Waals surface area (Å²) >= 11 is 1.27. The van der Waals surface area contributed by atoms with Crippen LogP contribution in [0.4, 0.5) is 5.69 Å². The maximum absolute atomic E-state index is 12.9. The first kappa shape index (κ1) is 25.2. The Morgan fingerprint density at radius 3 is 2.00 bits per heavy atom. The highest BCUT2D eigenvalue weighted by molar-refractivity contribution is 8.00. The van der Waals surface area contributed by atoms with Gasteiger partial charge in [0.05, 0.1) is 19.5 Å². The highest BCUT2D eigenvalue weighted by Gasteiger charge is 2.20. The lowest BCUT2D eigenvalue weighted by molar-refractivity contribution is -0.115. The average molecular weight is 501 g/mol. The minimum atomic E-state index is -0.428. The fourth-order valence-corrected chi connectivity index (χ4v) is 4.30. The zero-order valence-corrected chi connectivity index (χ0v) is 21.7. The summed E-state index contributed by atoms with van der Waals surface area (Å²) in [5.41, 5.74) is 6.01. The number of rotatable bonds is 8. The Morgan fingerprint density at radius 2 is 1.42 bits per heavy atom. The zero-order chi connectivity index (χ0) is 25.7. The number of hydrogen-bond acceptors (Lipinski definition) is 7. The normalized spacial score (nSPS) is 11.6. The molecule has 8 heteroatoms. The molecule has 1 atom stereocenters. The van der Waals surface area contributed by atoms with Crippen LogP contribution < -0.4 is 14.8 Å². The van der Waals surface area contributed by atoms with Crippen molar-refractivity contribution in [2.45, 2.75) is 31.2 Å². The number of ether oxygens (including phenoxy) is 2. The molecule has 4 rings (SSSR count). The van der Waals surface area contributed by atoms with E-state index in [0.29, 0.717) is 16.5 Å². The minimum absolute atomic E-state index is 0.123. The van der Waals surface area contributed by atoms with Crippen LogP contribution in [0.15, 0.2) is 71.9 Å². The number of nitrogens with one attached hydrogen (secondary N) is 1. The van der Waals surface area contributed by atoms with Gasteiger partial charge in [-0.3, -0.25) is 4.79 Å². The van der Waals surface area contributed by atoms with E-state index in [1.165, 1.54) is 11.8 Å². The van der Waals surface area contributed by atoms with E-state index in [1.54, 1.807) is 14.2 Å². The summed E-state index contributed by atoms with van der Waals surface area (Å²) in [5.74, 6) is 1.38. The summed E-state index contributed by atoms with van der Waals surface area (Å²) in [7, 11) is 3.26. The first-order valence-electron chi connectivity index (χ1n) is 11.5. The van der Waals surface area contributed by atoms with Crippen LogP contribution >= 0.6 is 11.8 Å². The van der Waals surface area contributed by atoms with Crippen LogP contribution in [-0.2, 0) is 4.79 Å². The van der Waals surface area contributed by atoms with Gasteiger partial charge in [0.15, 0.2) is 0 Å². The minimum Gasteiger partial charge on any atom is -0.497 e. The molecule has 0 aliphatic rings. The van der Waals surface area contributed by atoms with Crippen molar-refractivity contribution in [3.8, 4) is 34.0 Å². The van der Waals surface area contributed by atoms with Crippen LogP contribution in [0.25, 0.3) is 22.5 Å². The van der Waals surface area contributed by atoms with Crippen molar-refractivity contribution in [3.63, 3.8) is 0 Å². The van der Waals surface area contributed by atoms with Gasteiger partial charge < -0.3 is 14.8 Å². The van der Waals surface area contributed by atoms with Crippen molar-refractivity contribution in [2.24, 2.45) is 0 Å². The fourth-order valence-electron chi connectivity index (χ4n) is 3.59. The molecule has 0 bridgehead atoms. The quantitative estimate of drug-likeness (QED) is 0.299. The van der Waals surface area contributed by atoms with Crippen molar-refractivity contribution in [3.05, 3.63) is 77.9 Å². The van der Waals surface area contributed by atoms with E-state index in [2.05, 4.69) is 15.5 Å². The Labute approximate surface area is 215 Å². The summed E-state index contributed by atoms with van der Waals surface area (Å²) in [4.78, 5) is 17.7. The Hall–Kier alpha value is -3.91. The van der Waals surface area contributed by atoms with Gasteiger partial charge in [0.25, 0.3) is 0 Å². The molecule has 7 nitrogen and oxygen atoms in total. The van der Waals surface area contributed by atoms with Crippen molar-refractivity contribution >= 4 is 23.4 Å². The molecule has 0 fully saturated rings. The van der Waals surface area contributed by atoms with Crippen LogP contribution in [-0.4, -0.2) is 40.6 Å². The lowest BCUT2D eigenvalue weighted by Gasteiger charge is -2.15. The topological polar surface area (TPSA) is 86.2 Å². The largest absolute Gasteiger partial charge is 0.497 e. The summed E-state index contributed by atoms with van der Waals surface area (Å²) in [6, 6.07) is 21.1. The van der Waals surface area contributed by atoms with E-state index >= 15 is 0 Å². The maximum Gasteiger partial charge on any atom is 0.237 e. The van der Waals surface area contributed by atoms with E-state index in [9.17, 15) is 4.79 Å². The van der Waals surface area contributed by atoms with Crippen LogP contribution in [0.5, 0.6) is 11.5 Å². The Bertz CT molecular complexity index is 1360. The Balaban J connectivity index is 1.63. The second-order valence-electron chi connectivity index (χ2n) is 8.25. The summed E-state index contributed by atoms with van der Waals surface area (Å²) in [5, 5.41) is 11.9. The molecule has 0 aliphatic heterocycles. The molecule has 1 amide bonds. The molecule has 4 aromatic rings. The predicted octanol–water partition coefficient (Wildman–Crippen LogP) is 5.96. The van der Waals surface area contributed by atoms with Crippen LogP contribution in [0, 0.1) is 13.8 Å². The third-order valence-corrected chi connectivity index (χ3v) is 6.86. The van der Waals surface area contributed by atoms with Gasteiger partial charge >= 0.3 is 0 Å². The second kappa shape index (κ2) is 11.2. The number of benzene rings is 3. The lowest BCUT2D eigenvalue weighted by atomic mass is 10.0. The van der Waals surface area contributed by atoms with Crippen molar-refractivity contribution in [1.29, 1.82) is 0 Å². The first-order valence-corrected chi connectivity index (χ1v) is 12.3. The highest BCUT2D eigenvalue weighted by atomic mass is 32.2. The fraction of sp³-hybridized carbons (Fsp3) is 0.214. The van der Waals surface area contributed by atoms with Crippen LogP contribution in [0.2, 0.25) is 0 Å². The van der Waals surface area contributed by atoms with Gasteiger partial charge in [-0.05, 0) is 86.5 Å². The molecular formula is C28H28N4O3S. The molecular weight excluding hydrogens is 472 g/mol. The number of thioether (sulfide) groups is 1. The molecule has 184 valence electrons. The average Bonchev–Trinajstić information content (AvgIpc) is 2.91. The first-order chi connectivity index (χ1) is 17.4. The van der Waals surface area contributed by atoms with Crippen molar-refractivity contribution in [1.82, 2.24) is 15.2 Å². The molecule has 1 aromatic heterocycles. The number of carbonyl (C=O) groups is 1. The van der Waals surface area contributed by atoms with E-state index in [0.717, 1.165) is 39.4 Å². The van der Waals surface area contributed by atoms with Crippen molar-refractivity contribution < 1.29 is 14.3 Å². The van der Waals surface area contributed by atoms with Gasteiger partial charge in [0.2, 0.25) is 11.1 Å². The molecule has 0 aliphatic carbocycles. The van der Waals surface area contributed by atoms with Gasteiger partial charge in [-0.1, -0.05) is 23.9 Å². The zero-order valence-electron chi connectivity index (χ0n) is 20.9. The monoisotopic (exact) mass is 500 g/mol. The Morgan fingerprint density at radius 1 is 0.833 bits per heavy atom. The molecule has 1 heterocycles. The predicted molar refractivity (Wildman–Crippen MR) is 144 cm³/mol. The number of methoxy groups -OCH3 is 2. The number of hydrogen-bond donors (Lipinski definition) is 1. The molecule has 0 saturated heterocycles. The molecule has 0 spiro atoms. The van der Waals surface area contributed by atoms with Gasteiger partial charge in [0, 0.05) is 16.8 Å². The van der Waals surface area contributed by atoms with E-state index in [4.69, 9.17) is 14.5 Å². The van der Waals surface area contributed by atoms with Crippen LogP contribution in [0.1, 0.15) is 18.1 Å². The number of nitrogens with zero attached hydrogens (tertiary/aromatic N) is 3. The third-order valence-electron chi connectivity index (χ3n) is 5.91. The number of amides is 1. The van der Waals surface area contributed by atoms with E-state index < -0.39 is 5.25 Å². The third kappa shape index (κ3) is 5.66. The molecule has 0 saturated carbocycles. The molecule has 1 N–H and O–H groups in total. The van der Waals surface area contributed by atoms with E-state index in [-0.39, 0.29) is 5.91 Å². The molecule has 36 heavy (non-hydrogen) atoms. The molecule has 1 unspecified atom stereocenters. The van der Waals surface area contributed by atoms with Gasteiger partial charge in [0.1, 0.15) is 22.9 Å². The second-order valence-corrected chi connectivity index (χ2v) is 9.55. The molecule has 0 radical (unpaired) electrons. The smallest absolute Gasteiger partial charge is 0.237 e. The van der Waals surface area contributed by atoms with Gasteiger partial charge in [-0.25, -0.2) is 4.98 Å². The molecule has 3 aromatic carbocycles. The summed E-state index contributed by atoms with van der Waals surface area (Å²) in [6.07, 6.45) is 0. The Kier molecular flexibility index (Phi) is 7.85. The van der Waals surface area contributed by atoms with E-state index in [1.807, 2.05) is 87.5 Å². The lowest BCUT2D eigenvalue weighted by Crippen LogP contribution is -2.23. The number of aryl methyl sites for hydroxylation is 1. The number of carbonyl (C=O) groups excluding carboxylic acids is 1. The van der Waals surface area contributed by atoms with Crippen molar-refractivity contribution in [2.75, 3.05) is 19.5 Å².